The van der Waals surface area contributed by atoms with Crippen LogP contribution in [0.25, 0.3) is 0 Å². The zero-order chi connectivity index (χ0) is 14.8. The molecular formula is C14H19NO4S. The molecule has 0 heterocycles. The monoisotopic (exact) mass is 297 g/mol. The smallest absolute Gasteiger partial charge is 0.305 e. The number of carbonyl (C=O) groups is 1. The van der Waals surface area contributed by atoms with E-state index in [2.05, 4.69) is 4.90 Å². The van der Waals surface area contributed by atoms with Crippen molar-refractivity contribution >= 4 is 21.5 Å². The van der Waals surface area contributed by atoms with Gasteiger partial charge in [0.2, 0.25) is 0 Å². The maximum absolute atomic E-state index is 11.8. The summed E-state index contributed by atoms with van der Waals surface area (Å²) in [5, 5.41) is 8.79. The average molecular weight is 297 g/mol. The average Bonchev–Trinajstić information content (AvgIpc) is 3.24. The number of hydrogen-bond acceptors (Lipinski definition) is 4. The zero-order valence-electron chi connectivity index (χ0n) is 11.4. The van der Waals surface area contributed by atoms with Gasteiger partial charge in [-0.05, 0) is 37.1 Å². The molecule has 1 aliphatic rings. The molecule has 0 unspecified atom stereocenters. The van der Waals surface area contributed by atoms with E-state index in [1.54, 1.807) is 31.2 Å². The van der Waals surface area contributed by atoms with Crippen LogP contribution in [0.15, 0.2) is 29.2 Å². The Labute approximate surface area is 119 Å². The fraction of sp³-hybridized carbons (Fsp3) is 0.500. The van der Waals surface area contributed by atoms with Crippen LogP contribution >= 0.6 is 0 Å². The van der Waals surface area contributed by atoms with Gasteiger partial charge in [0.1, 0.15) is 0 Å². The van der Waals surface area contributed by atoms with Crippen LogP contribution in [0.3, 0.4) is 0 Å². The van der Waals surface area contributed by atoms with Crippen molar-refractivity contribution in [1.82, 2.24) is 0 Å². The number of hydrogen-bond donors (Lipinski definition) is 1. The van der Waals surface area contributed by atoms with Crippen LogP contribution in [0.1, 0.15) is 26.2 Å². The molecule has 6 heteroatoms. The highest BCUT2D eigenvalue weighted by atomic mass is 32.2. The molecule has 1 aliphatic carbocycles. The first-order valence-electron chi connectivity index (χ1n) is 6.75. The molecule has 0 saturated heterocycles. The summed E-state index contributed by atoms with van der Waals surface area (Å²) in [7, 11) is -3.18. The minimum Gasteiger partial charge on any atom is -0.481 e. The molecule has 1 saturated carbocycles. The van der Waals surface area contributed by atoms with Gasteiger partial charge in [-0.25, -0.2) is 8.42 Å². The predicted octanol–water partition coefficient (Wildman–Crippen LogP) is 1.92. The van der Waals surface area contributed by atoms with Gasteiger partial charge in [0.15, 0.2) is 9.84 Å². The summed E-state index contributed by atoms with van der Waals surface area (Å²) < 4.78 is 23.5. The number of nitrogens with zero attached hydrogens (tertiary/aromatic N) is 1. The van der Waals surface area contributed by atoms with E-state index < -0.39 is 15.8 Å². The minimum absolute atomic E-state index is 0.0811. The summed E-state index contributed by atoms with van der Waals surface area (Å²) in [6.45, 7) is 2.08. The van der Waals surface area contributed by atoms with Gasteiger partial charge in [-0.1, -0.05) is 6.92 Å². The van der Waals surface area contributed by atoms with Gasteiger partial charge in [-0.2, -0.15) is 0 Å². The second-order valence-corrected chi connectivity index (χ2v) is 7.24. The van der Waals surface area contributed by atoms with Crippen LogP contribution in [-0.2, 0) is 14.6 Å². The molecule has 0 amide bonds. The van der Waals surface area contributed by atoms with Gasteiger partial charge in [0.05, 0.1) is 17.1 Å². The summed E-state index contributed by atoms with van der Waals surface area (Å²) >= 11 is 0. The van der Waals surface area contributed by atoms with E-state index in [0.29, 0.717) is 17.5 Å². The van der Waals surface area contributed by atoms with Crippen molar-refractivity contribution in [3.63, 3.8) is 0 Å². The summed E-state index contributed by atoms with van der Waals surface area (Å²) in [4.78, 5) is 13.1. The predicted molar refractivity (Wildman–Crippen MR) is 76.8 cm³/mol. The van der Waals surface area contributed by atoms with E-state index in [9.17, 15) is 13.2 Å². The lowest BCUT2D eigenvalue weighted by Gasteiger charge is -2.24. The number of benzene rings is 1. The molecule has 0 radical (unpaired) electrons. The minimum atomic E-state index is -3.18. The topological polar surface area (TPSA) is 74.7 Å². The molecule has 0 atom stereocenters. The molecular weight excluding hydrogens is 278 g/mol. The fourth-order valence-electron chi connectivity index (χ4n) is 2.14. The van der Waals surface area contributed by atoms with Crippen molar-refractivity contribution in [3.05, 3.63) is 24.3 Å². The van der Waals surface area contributed by atoms with Gasteiger partial charge in [0, 0.05) is 18.3 Å². The SMILES string of the molecule is CCS(=O)(=O)c1ccc(N(CCC(=O)O)C2CC2)cc1. The summed E-state index contributed by atoms with van der Waals surface area (Å²) in [6, 6.07) is 7.13. The number of carboxylic acids is 1. The Balaban J connectivity index is 2.16. The second kappa shape index (κ2) is 5.83. The van der Waals surface area contributed by atoms with Crippen molar-refractivity contribution in [3.8, 4) is 0 Å². The van der Waals surface area contributed by atoms with Crippen LogP contribution in [-0.4, -0.2) is 37.8 Å². The van der Waals surface area contributed by atoms with E-state index >= 15 is 0 Å². The molecule has 110 valence electrons. The largest absolute Gasteiger partial charge is 0.481 e. The molecule has 2 rings (SSSR count). The fourth-order valence-corrected chi connectivity index (χ4v) is 3.02. The van der Waals surface area contributed by atoms with Crippen LogP contribution < -0.4 is 4.90 Å². The van der Waals surface area contributed by atoms with Crippen LogP contribution in [0.5, 0.6) is 0 Å². The number of carboxylic acid groups (broad SMARTS) is 1. The Morgan fingerprint density at radius 3 is 2.35 bits per heavy atom. The Morgan fingerprint density at radius 2 is 1.90 bits per heavy atom. The maximum atomic E-state index is 11.8. The van der Waals surface area contributed by atoms with Crippen LogP contribution in [0.4, 0.5) is 5.69 Å². The number of aliphatic carboxylic acids is 1. The van der Waals surface area contributed by atoms with E-state index in [1.165, 1.54) is 0 Å². The van der Waals surface area contributed by atoms with E-state index in [0.717, 1.165) is 18.5 Å². The highest BCUT2D eigenvalue weighted by molar-refractivity contribution is 7.91. The van der Waals surface area contributed by atoms with Gasteiger partial charge in [-0.3, -0.25) is 4.79 Å². The number of anilines is 1. The molecule has 5 nitrogen and oxygen atoms in total. The van der Waals surface area contributed by atoms with Gasteiger partial charge >= 0.3 is 5.97 Å². The molecule has 0 aliphatic heterocycles. The molecule has 20 heavy (non-hydrogen) atoms. The van der Waals surface area contributed by atoms with Gasteiger partial charge < -0.3 is 10.0 Å². The normalized spacial score (nSPS) is 15.1. The zero-order valence-corrected chi connectivity index (χ0v) is 12.3. The highest BCUT2D eigenvalue weighted by Gasteiger charge is 2.29. The second-order valence-electron chi connectivity index (χ2n) is 4.97. The molecule has 0 bridgehead atoms. The molecule has 0 aromatic heterocycles. The lowest BCUT2D eigenvalue weighted by Crippen LogP contribution is -2.28. The van der Waals surface area contributed by atoms with Crippen molar-refractivity contribution < 1.29 is 18.3 Å². The third-order valence-corrected chi connectivity index (χ3v) is 5.21. The third kappa shape index (κ3) is 3.50. The number of rotatable bonds is 7. The molecule has 1 aromatic carbocycles. The third-order valence-electron chi connectivity index (χ3n) is 3.46. The Hall–Kier alpha value is -1.56. The Kier molecular flexibility index (Phi) is 4.32. The summed E-state index contributed by atoms with van der Waals surface area (Å²) in [5.41, 5.74) is 0.892. The molecule has 1 N–H and O–H groups in total. The maximum Gasteiger partial charge on any atom is 0.305 e. The number of sulfone groups is 1. The van der Waals surface area contributed by atoms with Crippen molar-refractivity contribution in [2.45, 2.75) is 37.1 Å². The quantitative estimate of drug-likeness (QED) is 0.832. The first-order chi connectivity index (χ1) is 9.44. The standard InChI is InChI=1S/C14H19NO4S/c1-2-20(18,19)13-7-5-12(6-8-13)15(11-3-4-11)10-9-14(16)17/h5-8,11H,2-4,9-10H2,1H3,(H,16,17). The first-order valence-corrected chi connectivity index (χ1v) is 8.40. The van der Waals surface area contributed by atoms with E-state index in [-0.39, 0.29) is 12.2 Å². The lowest BCUT2D eigenvalue weighted by molar-refractivity contribution is -0.136. The van der Waals surface area contributed by atoms with Crippen LogP contribution in [0, 0.1) is 0 Å². The summed E-state index contributed by atoms with van der Waals surface area (Å²) in [5.74, 6) is -0.738. The highest BCUT2D eigenvalue weighted by Crippen LogP contribution is 2.32. The van der Waals surface area contributed by atoms with Gasteiger partial charge in [-0.15, -0.1) is 0 Å². The Bertz CT molecular complexity index is 576. The lowest BCUT2D eigenvalue weighted by atomic mass is 10.2. The molecule has 1 fully saturated rings. The van der Waals surface area contributed by atoms with E-state index in [4.69, 9.17) is 5.11 Å². The van der Waals surface area contributed by atoms with Crippen molar-refractivity contribution in [2.75, 3.05) is 17.2 Å². The van der Waals surface area contributed by atoms with E-state index in [1.807, 2.05) is 0 Å². The first kappa shape index (κ1) is 14.8. The van der Waals surface area contributed by atoms with Crippen molar-refractivity contribution in [2.24, 2.45) is 0 Å². The van der Waals surface area contributed by atoms with Crippen LogP contribution in [0.2, 0.25) is 0 Å². The molecule has 1 aromatic rings. The van der Waals surface area contributed by atoms with Gasteiger partial charge in [0.25, 0.3) is 0 Å². The summed E-state index contributed by atoms with van der Waals surface area (Å²) in [6.07, 6.45) is 2.22. The molecule has 0 spiro atoms. The van der Waals surface area contributed by atoms with Crippen molar-refractivity contribution in [1.29, 1.82) is 0 Å². The Morgan fingerprint density at radius 1 is 1.30 bits per heavy atom.